The van der Waals surface area contributed by atoms with Crippen molar-refractivity contribution in [1.29, 1.82) is 0 Å². The average Bonchev–Trinajstić information content (AvgIpc) is 3.19. The van der Waals surface area contributed by atoms with Gasteiger partial charge in [-0.2, -0.15) is 0 Å². The van der Waals surface area contributed by atoms with Crippen molar-refractivity contribution in [3.63, 3.8) is 0 Å². The van der Waals surface area contributed by atoms with E-state index in [-0.39, 0.29) is 12.4 Å². The Morgan fingerprint density at radius 3 is 2.60 bits per heavy atom. The molecule has 0 atom stereocenters. The number of rotatable bonds is 6. The normalized spacial score (nSPS) is 20.9. The first-order valence-corrected chi connectivity index (χ1v) is 7.50. The van der Waals surface area contributed by atoms with Crippen LogP contribution in [0.3, 0.4) is 0 Å². The van der Waals surface area contributed by atoms with E-state index in [2.05, 4.69) is 25.7 Å². The highest BCUT2D eigenvalue weighted by molar-refractivity contribution is 5.85. The van der Waals surface area contributed by atoms with Gasteiger partial charge in [-0.05, 0) is 75.1 Å². The van der Waals surface area contributed by atoms with Gasteiger partial charge < -0.3 is 5.32 Å². The standard InChI is InChI=1S/C13H24N6.ClH/c1-14-7-4-11-5-8-18(9-6-11)10-13-15-16-17-19(13)12-2-3-12;/h11-12,14H,2-10H2,1H3;1H. The molecule has 2 heterocycles. The number of nitrogens with zero attached hydrogens (tertiary/aromatic N) is 5. The van der Waals surface area contributed by atoms with Crippen LogP contribution in [0.25, 0.3) is 0 Å². The molecule has 1 saturated carbocycles. The summed E-state index contributed by atoms with van der Waals surface area (Å²) in [4.78, 5) is 2.50. The van der Waals surface area contributed by atoms with Crippen LogP contribution in [0, 0.1) is 5.92 Å². The van der Waals surface area contributed by atoms with Crippen molar-refractivity contribution in [3.8, 4) is 0 Å². The number of hydrogen-bond donors (Lipinski definition) is 1. The van der Waals surface area contributed by atoms with E-state index in [0.717, 1.165) is 24.8 Å². The maximum absolute atomic E-state index is 4.19. The summed E-state index contributed by atoms with van der Waals surface area (Å²) in [6.07, 6.45) is 6.41. The summed E-state index contributed by atoms with van der Waals surface area (Å²) in [5, 5.41) is 15.4. The van der Waals surface area contributed by atoms with Crippen LogP contribution in [0.4, 0.5) is 0 Å². The molecular formula is C13H25ClN6. The van der Waals surface area contributed by atoms with E-state index < -0.39 is 0 Å². The van der Waals surface area contributed by atoms with Crippen LogP contribution < -0.4 is 5.32 Å². The molecule has 20 heavy (non-hydrogen) atoms. The Morgan fingerprint density at radius 1 is 1.20 bits per heavy atom. The Morgan fingerprint density at radius 2 is 1.95 bits per heavy atom. The molecule has 1 aliphatic heterocycles. The van der Waals surface area contributed by atoms with Gasteiger partial charge in [0.25, 0.3) is 0 Å². The molecule has 1 saturated heterocycles. The van der Waals surface area contributed by atoms with Gasteiger partial charge in [0.1, 0.15) is 0 Å². The van der Waals surface area contributed by atoms with Crippen molar-refractivity contribution in [2.75, 3.05) is 26.7 Å². The van der Waals surface area contributed by atoms with Crippen LogP contribution in [-0.4, -0.2) is 51.8 Å². The van der Waals surface area contributed by atoms with E-state index in [1.54, 1.807) is 0 Å². The summed E-state index contributed by atoms with van der Waals surface area (Å²) in [6.45, 7) is 4.44. The van der Waals surface area contributed by atoms with Gasteiger partial charge in [0.05, 0.1) is 12.6 Å². The van der Waals surface area contributed by atoms with Crippen LogP contribution in [-0.2, 0) is 6.54 Å². The van der Waals surface area contributed by atoms with Crippen molar-refractivity contribution < 1.29 is 0 Å². The van der Waals surface area contributed by atoms with Gasteiger partial charge in [-0.15, -0.1) is 17.5 Å². The topological polar surface area (TPSA) is 58.9 Å². The fourth-order valence-corrected chi connectivity index (χ4v) is 2.90. The van der Waals surface area contributed by atoms with Crippen LogP contribution in [0.2, 0.25) is 0 Å². The van der Waals surface area contributed by atoms with E-state index in [1.165, 1.54) is 45.2 Å². The van der Waals surface area contributed by atoms with Crippen molar-refractivity contribution >= 4 is 12.4 Å². The van der Waals surface area contributed by atoms with Crippen LogP contribution in [0.5, 0.6) is 0 Å². The zero-order chi connectivity index (χ0) is 13.1. The molecule has 1 N–H and O–H groups in total. The van der Waals surface area contributed by atoms with Gasteiger partial charge in [0, 0.05) is 0 Å². The molecular weight excluding hydrogens is 276 g/mol. The summed E-state index contributed by atoms with van der Waals surface area (Å²) in [7, 11) is 2.03. The lowest BCUT2D eigenvalue weighted by atomic mass is 9.93. The Bertz CT molecular complexity index is 397. The van der Waals surface area contributed by atoms with Crippen molar-refractivity contribution in [3.05, 3.63) is 5.82 Å². The number of halogens is 1. The molecule has 0 spiro atoms. The smallest absolute Gasteiger partial charge is 0.165 e. The molecule has 3 rings (SSSR count). The summed E-state index contributed by atoms with van der Waals surface area (Å²) >= 11 is 0. The molecule has 0 aromatic carbocycles. The monoisotopic (exact) mass is 300 g/mol. The Balaban J connectivity index is 0.00000147. The van der Waals surface area contributed by atoms with Gasteiger partial charge in [0.2, 0.25) is 0 Å². The molecule has 0 unspecified atom stereocenters. The number of tetrazole rings is 1. The van der Waals surface area contributed by atoms with Crippen molar-refractivity contribution in [2.24, 2.45) is 5.92 Å². The molecule has 0 bridgehead atoms. The highest BCUT2D eigenvalue weighted by atomic mass is 35.5. The average molecular weight is 301 g/mol. The fraction of sp³-hybridized carbons (Fsp3) is 0.923. The molecule has 2 fully saturated rings. The highest BCUT2D eigenvalue weighted by Gasteiger charge is 2.29. The molecule has 1 aliphatic carbocycles. The Kier molecular flexibility index (Phi) is 5.74. The zero-order valence-corrected chi connectivity index (χ0v) is 13.0. The molecule has 7 heteroatoms. The van der Waals surface area contributed by atoms with Crippen molar-refractivity contribution in [2.45, 2.75) is 44.7 Å². The second kappa shape index (κ2) is 7.33. The zero-order valence-electron chi connectivity index (χ0n) is 12.2. The van der Waals surface area contributed by atoms with Crippen LogP contribution >= 0.6 is 12.4 Å². The molecule has 1 aromatic heterocycles. The summed E-state index contributed by atoms with van der Waals surface area (Å²) in [5.74, 6) is 1.94. The van der Waals surface area contributed by atoms with E-state index in [9.17, 15) is 0 Å². The first-order valence-electron chi connectivity index (χ1n) is 7.50. The van der Waals surface area contributed by atoms with Crippen molar-refractivity contribution in [1.82, 2.24) is 30.4 Å². The van der Waals surface area contributed by atoms with Gasteiger partial charge in [-0.1, -0.05) is 0 Å². The fourth-order valence-electron chi connectivity index (χ4n) is 2.90. The number of piperidine rings is 1. The van der Waals surface area contributed by atoms with Gasteiger partial charge in [-0.25, -0.2) is 4.68 Å². The third-order valence-electron chi connectivity index (χ3n) is 4.33. The Hall–Kier alpha value is -0.720. The summed E-state index contributed by atoms with van der Waals surface area (Å²) in [5.41, 5.74) is 0. The van der Waals surface area contributed by atoms with Gasteiger partial charge in [-0.3, -0.25) is 4.90 Å². The third kappa shape index (κ3) is 3.90. The second-order valence-electron chi connectivity index (χ2n) is 5.88. The largest absolute Gasteiger partial charge is 0.320 e. The minimum absolute atomic E-state index is 0. The second-order valence-corrected chi connectivity index (χ2v) is 5.88. The van der Waals surface area contributed by atoms with E-state index in [0.29, 0.717) is 6.04 Å². The molecule has 0 radical (unpaired) electrons. The lowest BCUT2D eigenvalue weighted by molar-refractivity contribution is 0.166. The molecule has 114 valence electrons. The van der Waals surface area contributed by atoms with E-state index in [4.69, 9.17) is 0 Å². The van der Waals surface area contributed by atoms with Crippen LogP contribution in [0.1, 0.15) is 44.0 Å². The molecule has 1 aromatic rings. The quantitative estimate of drug-likeness (QED) is 0.857. The number of aromatic nitrogens is 4. The molecule has 2 aliphatic rings. The van der Waals surface area contributed by atoms with E-state index >= 15 is 0 Å². The maximum atomic E-state index is 4.19. The minimum atomic E-state index is 0. The van der Waals surface area contributed by atoms with Gasteiger partial charge in [0.15, 0.2) is 5.82 Å². The first kappa shape index (κ1) is 15.7. The molecule has 6 nitrogen and oxygen atoms in total. The Labute approximate surface area is 126 Å². The third-order valence-corrected chi connectivity index (χ3v) is 4.33. The lowest BCUT2D eigenvalue weighted by Crippen LogP contribution is -2.34. The lowest BCUT2D eigenvalue weighted by Gasteiger charge is -2.31. The highest BCUT2D eigenvalue weighted by Crippen LogP contribution is 2.34. The molecule has 0 amide bonds. The first-order chi connectivity index (χ1) is 9.36. The number of nitrogens with one attached hydrogen (secondary N) is 1. The number of likely N-dealkylation sites (tertiary alicyclic amines) is 1. The summed E-state index contributed by atoms with van der Waals surface area (Å²) in [6, 6.07) is 0.582. The summed E-state index contributed by atoms with van der Waals surface area (Å²) < 4.78 is 2.03. The number of hydrogen-bond acceptors (Lipinski definition) is 5. The maximum Gasteiger partial charge on any atom is 0.165 e. The van der Waals surface area contributed by atoms with E-state index in [1.807, 2.05) is 11.7 Å². The van der Waals surface area contributed by atoms with Gasteiger partial charge >= 0.3 is 0 Å². The van der Waals surface area contributed by atoms with Crippen LogP contribution in [0.15, 0.2) is 0 Å². The predicted octanol–water partition coefficient (Wildman–Crippen LogP) is 1.25. The minimum Gasteiger partial charge on any atom is -0.320 e. The predicted molar refractivity (Wildman–Crippen MR) is 79.9 cm³/mol. The SMILES string of the molecule is CNCCC1CCN(Cc2nnnn2C2CC2)CC1.Cl.